The first-order chi connectivity index (χ1) is 8.31. The summed E-state index contributed by atoms with van der Waals surface area (Å²) in [4.78, 5) is 11.0. The lowest BCUT2D eigenvalue weighted by Crippen LogP contribution is -2.14. The normalized spacial score (nSPS) is 12.3. The fourth-order valence-corrected chi connectivity index (χ4v) is 2.32. The number of hydrogen-bond acceptors (Lipinski definition) is 2. The highest BCUT2D eigenvalue weighted by molar-refractivity contribution is 6.32. The molecule has 0 spiro atoms. The molecule has 0 aliphatic carbocycles. The molecule has 0 fully saturated rings. The van der Waals surface area contributed by atoms with E-state index in [-0.39, 0.29) is 0 Å². The van der Waals surface area contributed by atoms with E-state index in [0.717, 1.165) is 28.0 Å². The summed E-state index contributed by atoms with van der Waals surface area (Å²) in [5.41, 5.74) is 3.75. The van der Waals surface area contributed by atoms with Gasteiger partial charge in [-0.1, -0.05) is 18.5 Å². The van der Waals surface area contributed by atoms with Crippen molar-refractivity contribution >= 4 is 17.6 Å². The molecule has 1 aromatic carbocycles. The van der Waals surface area contributed by atoms with Gasteiger partial charge < -0.3 is 9.84 Å². The number of carboxylic acid groups (broad SMARTS) is 1. The number of halogens is 1. The topological polar surface area (TPSA) is 46.5 Å². The molecular formula is C14H19ClO3. The van der Waals surface area contributed by atoms with Crippen molar-refractivity contribution in [3.05, 3.63) is 27.3 Å². The summed E-state index contributed by atoms with van der Waals surface area (Å²) in [6.45, 7) is 7.47. The maximum absolute atomic E-state index is 11.0. The van der Waals surface area contributed by atoms with Crippen LogP contribution in [-0.2, 0) is 11.2 Å². The molecule has 100 valence electrons. The monoisotopic (exact) mass is 270 g/mol. The van der Waals surface area contributed by atoms with Crippen LogP contribution < -0.4 is 4.74 Å². The predicted molar refractivity (Wildman–Crippen MR) is 72.7 cm³/mol. The lowest BCUT2D eigenvalue weighted by Gasteiger charge is -2.19. The van der Waals surface area contributed by atoms with Crippen LogP contribution in [0.15, 0.2) is 0 Å². The Labute approximate surface area is 113 Å². The van der Waals surface area contributed by atoms with Crippen LogP contribution in [0, 0.1) is 26.7 Å². The molecule has 0 aromatic heterocycles. The summed E-state index contributed by atoms with van der Waals surface area (Å²) in [7, 11) is 1.60. The van der Waals surface area contributed by atoms with Gasteiger partial charge in [-0.05, 0) is 49.4 Å². The van der Waals surface area contributed by atoms with Crippen LogP contribution in [0.25, 0.3) is 0 Å². The molecule has 1 N–H and O–H groups in total. The van der Waals surface area contributed by atoms with E-state index in [1.807, 2.05) is 20.8 Å². The average Bonchev–Trinajstić information content (AvgIpc) is 2.33. The van der Waals surface area contributed by atoms with E-state index in [1.165, 1.54) is 0 Å². The molecular weight excluding hydrogens is 252 g/mol. The molecule has 0 aliphatic rings. The van der Waals surface area contributed by atoms with Gasteiger partial charge in [0.25, 0.3) is 0 Å². The van der Waals surface area contributed by atoms with Crippen LogP contribution in [-0.4, -0.2) is 18.2 Å². The molecule has 0 bridgehead atoms. The van der Waals surface area contributed by atoms with Gasteiger partial charge in [-0.25, -0.2) is 0 Å². The molecule has 0 amide bonds. The van der Waals surface area contributed by atoms with Crippen LogP contribution in [0.5, 0.6) is 5.75 Å². The molecule has 0 radical (unpaired) electrons. The molecule has 0 saturated heterocycles. The number of hydrogen-bond donors (Lipinski definition) is 1. The Bertz CT molecular complexity index is 481. The maximum Gasteiger partial charge on any atom is 0.306 e. The maximum atomic E-state index is 11.0. The van der Waals surface area contributed by atoms with E-state index >= 15 is 0 Å². The summed E-state index contributed by atoms with van der Waals surface area (Å²) < 4.78 is 5.42. The van der Waals surface area contributed by atoms with Crippen molar-refractivity contribution in [2.45, 2.75) is 34.1 Å². The Morgan fingerprint density at radius 1 is 1.28 bits per heavy atom. The minimum Gasteiger partial charge on any atom is -0.496 e. The molecule has 1 unspecified atom stereocenters. The van der Waals surface area contributed by atoms with Crippen LogP contribution in [0.3, 0.4) is 0 Å². The second-order valence-corrected chi connectivity index (χ2v) is 5.02. The highest BCUT2D eigenvalue weighted by Gasteiger charge is 2.21. The third kappa shape index (κ3) is 2.61. The molecule has 1 rings (SSSR count). The lowest BCUT2D eigenvalue weighted by molar-refractivity contribution is -0.141. The highest BCUT2D eigenvalue weighted by Crippen LogP contribution is 2.37. The molecule has 1 atom stereocenters. The van der Waals surface area contributed by atoms with Crippen molar-refractivity contribution < 1.29 is 14.6 Å². The fourth-order valence-electron chi connectivity index (χ4n) is 2.06. The minimum atomic E-state index is -0.814. The first-order valence-electron chi connectivity index (χ1n) is 5.86. The molecule has 0 saturated carbocycles. The second kappa shape index (κ2) is 5.61. The quantitative estimate of drug-likeness (QED) is 0.910. The molecule has 18 heavy (non-hydrogen) atoms. The van der Waals surface area contributed by atoms with Gasteiger partial charge in [0.2, 0.25) is 0 Å². The van der Waals surface area contributed by atoms with Crippen molar-refractivity contribution in [3.63, 3.8) is 0 Å². The lowest BCUT2D eigenvalue weighted by atomic mass is 9.92. The Morgan fingerprint density at radius 2 is 1.83 bits per heavy atom. The Morgan fingerprint density at radius 3 is 2.28 bits per heavy atom. The van der Waals surface area contributed by atoms with Gasteiger partial charge in [0.15, 0.2) is 0 Å². The Balaban J connectivity index is 3.38. The zero-order valence-electron chi connectivity index (χ0n) is 11.4. The molecule has 0 aliphatic heterocycles. The smallest absolute Gasteiger partial charge is 0.306 e. The average molecular weight is 271 g/mol. The summed E-state index contributed by atoms with van der Waals surface area (Å²) in [6.07, 6.45) is 0.422. The fraction of sp³-hybridized carbons (Fsp3) is 0.500. The Kier molecular flexibility index (Phi) is 4.63. The zero-order valence-corrected chi connectivity index (χ0v) is 12.2. The van der Waals surface area contributed by atoms with Crippen LogP contribution in [0.4, 0.5) is 0 Å². The van der Waals surface area contributed by atoms with E-state index in [2.05, 4.69) is 0 Å². The third-order valence-corrected chi connectivity index (χ3v) is 3.99. The van der Waals surface area contributed by atoms with Crippen molar-refractivity contribution in [2.24, 2.45) is 5.92 Å². The minimum absolute atomic E-state index is 0.422. The number of methoxy groups -OCH3 is 1. The summed E-state index contributed by atoms with van der Waals surface area (Å²) in [5, 5.41) is 9.71. The number of carboxylic acids is 1. The summed E-state index contributed by atoms with van der Waals surface area (Å²) in [6, 6.07) is 0. The van der Waals surface area contributed by atoms with E-state index in [9.17, 15) is 4.79 Å². The number of ether oxygens (including phenoxy) is 1. The van der Waals surface area contributed by atoms with E-state index in [0.29, 0.717) is 11.4 Å². The Hall–Kier alpha value is -1.22. The zero-order chi connectivity index (χ0) is 14.0. The second-order valence-electron chi connectivity index (χ2n) is 4.64. The van der Waals surface area contributed by atoms with Crippen LogP contribution in [0.1, 0.15) is 29.2 Å². The molecule has 4 heteroatoms. The van der Waals surface area contributed by atoms with Gasteiger partial charge in [0.05, 0.1) is 13.0 Å². The number of carbonyl (C=O) groups is 1. The molecule has 3 nitrogen and oxygen atoms in total. The third-order valence-electron chi connectivity index (χ3n) is 3.42. The van der Waals surface area contributed by atoms with Crippen molar-refractivity contribution in [3.8, 4) is 5.75 Å². The first-order valence-corrected chi connectivity index (χ1v) is 6.23. The highest BCUT2D eigenvalue weighted by atomic mass is 35.5. The van der Waals surface area contributed by atoms with Gasteiger partial charge in [-0.2, -0.15) is 0 Å². The van der Waals surface area contributed by atoms with Gasteiger partial charge in [-0.15, -0.1) is 0 Å². The van der Waals surface area contributed by atoms with E-state index in [1.54, 1.807) is 14.0 Å². The van der Waals surface area contributed by atoms with Crippen molar-refractivity contribution in [2.75, 3.05) is 7.11 Å². The largest absolute Gasteiger partial charge is 0.496 e. The number of aliphatic carboxylic acids is 1. The SMILES string of the molecule is COc1c(C)c(C)c(Cl)c(C)c1CC(C)C(=O)O. The van der Waals surface area contributed by atoms with Gasteiger partial charge in [0.1, 0.15) is 5.75 Å². The van der Waals surface area contributed by atoms with E-state index < -0.39 is 11.9 Å². The van der Waals surface area contributed by atoms with Crippen LogP contribution >= 0.6 is 11.6 Å². The molecule has 0 heterocycles. The number of benzene rings is 1. The van der Waals surface area contributed by atoms with E-state index in [4.69, 9.17) is 21.4 Å². The summed E-state index contributed by atoms with van der Waals surface area (Å²) >= 11 is 6.28. The molecule has 1 aromatic rings. The predicted octanol–water partition coefficient (Wildman–Crippen LogP) is 3.54. The summed E-state index contributed by atoms with van der Waals surface area (Å²) in [5.74, 6) is -0.524. The van der Waals surface area contributed by atoms with Gasteiger partial charge in [-0.3, -0.25) is 4.79 Å². The van der Waals surface area contributed by atoms with Crippen LogP contribution in [0.2, 0.25) is 5.02 Å². The van der Waals surface area contributed by atoms with Crippen molar-refractivity contribution in [1.29, 1.82) is 0 Å². The number of rotatable bonds is 4. The standard InChI is InChI=1S/C14H19ClO3/c1-7(14(16)17)6-11-10(4)12(15)8(2)9(3)13(11)18-5/h7H,6H2,1-5H3,(H,16,17). The van der Waals surface area contributed by atoms with Gasteiger partial charge >= 0.3 is 5.97 Å². The van der Waals surface area contributed by atoms with Gasteiger partial charge in [0, 0.05) is 5.02 Å². The van der Waals surface area contributed by atoms with Crippen molar-refractivity contribution in [1.82, 2.24) is 0 Å². The first kappa shape index (κ1) is 14.8.